The van der Waals surface area contributed by atoms with Crippen LogP contribution >= 0.6 is 0 Å². The Morgan fingerprint density at radius 3 is 2.18 bits per heavy atom. The molecule has 2 N–H and O–H groups in total. The van der Waals surface area contributed by atoms with E-state index in [1.807, 2.05) is 0 Å². The van der Waals surface area contributed by atoms with Crippen LogP contribution in [0.5, 0.6) is 0 Å². The van der Waals surface area contributed by atoms with Crippen LogP contribution in [0, 0.1) is 0 Å². The maximum Gasteiger partial charge on any atom is 0.433 e. The molecule has 0 aliphatic heterocycles. The van der Waals surface area contributed by atoms with Crippen LogP contribution in [0.25, 0.3) is 0 Å². The minimum atomic E-state index is -4.54. The molecule has 0 amide bonds. The van der Waals surface area contributed by atoms with Crippen molar-refractivity contribution in [1.82, 2.24) is 9.97 Å². The first-order valence-corrected chi connectivity index (χ1v) is 4.85. The number of aliphatic hydroxyl groups excluding tert-OH is 2. The molecule has 8 heteroatoms. The van der Waals surface area contributed by atoms with Crippen LogP contribution in [0.2, 0.25) is 0 Å². The van der Waals surface area contributed by atoms with Gasteiger partial charge in [-0.05, 0) is 0 Å². The summed E-state index contributed by atoms with van der Waals surface area (Å²) in [7, 11) is 0. The molecular formula is C9H12F3N3O2. The predicted octanol–water partition coefficient (Wildman–Crippen LogP) is 0.286. The van der Waals surface area contributed by atoms with E-state index in [0.717, 1.165) is 12.4 Å². The first kappa shape index (κ1) is 13.7. The Kier molecular flexibility index (Phi) is 4.64. The molecule has 0 aliphatic carbocycles. The molecule has 1 rings (SSSR count). The van der Waals surface area contributed by atoms with E-state index in [-0.39, 0.29) is 32.1 Å². The highest BCUT2D eigenvalue weighted by molar-refractivity contribution is 5.39. The van der Waals surface area contributed by atoms with Crippen molar-refractivity contribution in [2.45, 2.75) is 6.18 Å². The fourth-order valence-corrected chi connectivity index (χ4v) is 1.26. The summed E-state index contributed by atoms with van der Waals surface area (Å²) in [6, 6.07) is 0.783. The molecular weight excluding hydrogens is 239 g/mol. The smallest absolute Gasteiger partial charge is 0.395 e. The summed E-state index contributed by atoms with van der Waals surface area (Å²) in [6.45, 7) is -0.305. The highest BCUT2D eigenvalue weighted by Crippen LogP contribution is 2.28. The fraction of sp³-hybridized carbons (Fsp3) is 0.556. The minimum Gasteiger partial charge on any atom is -0.395 e. The Hall–Kier alpha value is -1.41. The Balaban J connectivity index is 2.95. The maximum absolute atomic E-state index is 12.4. The van der Waals surface area contributed by atoms with Gasteiger partial charge in [-0.1, -0.05) is 0 Å². The summed E-state index contributed by atoms with van der Waals surface area (Å²) in [5.41, 5.74) is -1.05. The SMILES string of the molecule is OCCN(CCO)c1cc(C(F)(F)F)ncn1. The van der Waals surface area contributed by atoms with E-state index in [0.29, 0.717) is 0 Å². The monoisotopic (exact) mass is 251 g/mol. The third kappa shape index (κ3) is 3.82. The molecule has 0 radical (unpaired) electrons. The molecule has 1 heterocycles. The highest BCUT2D eigenvalue weighted by atomic mass is 19.4. The predicted molar refractivity (Wildman–Crippen MR) is 53.4 cm³/mol. The van der Waals surface area contributed by atoms with Gasteiger partial charge in [-0.25, -0.2) is 9.97 Å². The van der Waals surface area contributed by atoms with Crippen LogP contribution in [-0.2, 0) is 6.18 Å². The van der Waals surface area contributed by atoms with Crippen LogP contribution in [0.15, 0.2) is 12.4 Å². The van der Waals surface area contributed by atoms with Crippen molar-refractivity contribution >= 4 is 5.82 Å². The van der Waals surface area contributed by atoms with Crippen LogP contribution in [-0.4, -0.2) is 46.5 Å². The van der Waals surface area contributed by atoms with Crippen LogP contribution in [0.3, 0.4) is 0 Å². The Morgan fingerprint density at radius 1 is 1.12 bits per heavy atom. The molecule has 96 valence electrons. The van der Waals surface area contributed by atoms with Gasteiger partial charge in [0, 0.05) is 19.2 Å². The first-order chi connectivity index (χ1) is 7.99. The van der Waals surface area contributed by atoms with Gasteiger partial charge in [0.15, 0.2) is 0 Å². The number of alkyl halides is 3. The van der Waals surface area contributed by atoms with Gasteiger partial charge in [0.05, 0.1) is 13.2 Å². The van der Waals surface area contributed by atoms with Crippen molar-refractivity contribution in [1.29, 1.82) is 0 Å². The quantitative estimate of drug-likeness (QED) is 0.787. The van der Waals surface area contributed by atoms with E-state index < -0.39 is 11.9 Å². The lowest BCUT2D eigenvalue weighted by atomic mass is 10.3. The second kappa shape index (κ2) is 5.78. The molecule has 0 fully saturated rings. The molecule has 5 nitrogen and oxygen atoms in total. The number of hydrogen-bond donors (Lipinski definition) is 2. The first-order valence-electron chi connectivity index (χ1n) is 4.85. The zero-order valence-electron chi connectivity index (χ0n) is 8.85. The van der Waals surface area contributed by atoms with Gasteiger partial charge < -0.3 is 15.1 Å². The molecule has 0 saturated heterocycles. The van der Waals surface area contributed by atoms with Gasteiger partial charge >= 0.3 is 6.18 Å². The van der Waals surface area contributed by atoms with Crippen molar-refractivity contribution in [2.24, 2.45) is 0 Å². The topological polar surface area (TPSA) is 69.5 Å². The number of hydrogen-bond acceptors (Lipinski definition) is 5. The lowest BCUT2D eigenvalue weighted by Gasteiger charge is -2.21. The van der Waals surface area contributed by atoms with Crippen LogP contribution in [0.1, 0.15) is 5.69 Å². The molecule has 1 aromatic heterocycles. The molecule has 0 spiro atoms. The third-order valence-corrected chi connectivity index (χ3v) is 2.01. The largest absolute Gasteiger partial charge is 0.433 e. The number of aliphatic hydroxyl groups is 2. The minimum absolute atomic E-state index is 0.0235. The van der Waals surface area contributed by atoms with E-state index >= 15 is 0 Å². The van der Waals surface area contributed by atoms with Crippen LogP contribution in [0.4, 0.5) is 19.0 Å². The second-order valence-electron chi connectivity index (χ2n) is 3.19. The normalized spacial score (nSPS) is 11.6. The van der Waals surface area contributed by atoms with Gasteiger partial charge in [0.1, 0.15) is 17.8 Å². The third-order valence-electron chi connectivity index (χ3n) is 2.01. The molecule has 0 unspecified atom stereocenters. The van der Waals surface area contributed by atoms with Gasteiger partial charge in [-0.15, -0.1) is 0 Å². The maximum atomic E-state index is 12.4. The lowest BCUT2D eigenvalue weighted by molar-refractivity contribution is -0.141. The average Bonchev–Trinajstić information content (AvgIpc) is 2.28. The zero-order valence-corrected chi connectivity index (χ0v) is 8.85. The summed E-state index contributed by atoms with van der Waals surface area (Å²) < 4.78 is 37.2. The zero-order chi connectivity index (χ0) is 12.9. The molecule has 0 bridgehead atoms. The van der Waals surface area contributed by atoms with E-state index in [2.05, 4.69) is 9.97 Å². The Morgan fingerprint density at radius 2 is 1.71 bits per heavy atom. The summed E-state index contributed by atoms with van der Waals surface area (Å²) in [4.78, 5) is 8.15. The average molecular weight is 251 g/mol. The van der Waals surface area contributed by atoms with E-state index in [4.69, 9.17) is 10.2 Å². The highest BCUT2D eigenvalue weighted by Gasteiger charge is 2.33. The van der Waals surface area contributed by atoms with Crippen molar-refractivity contribution < 1.29 is 23.4 Å². The number of nitrogens with zero attached hydrogens (tertiary/aromatic N) is 3. The number of aromatic nitrogens is 2. The van der Waals surface area contributed by atoms with E-state index in [1.165, 1.54) is 4.90 Å². The van der Waals surface area contributed by atoms with Gasteiger partial charge in [-0.2, -0.15) is 13.2 Å². The molecule has 0 atom stereocenters. The number of rotatable bonds is 5. The van der Waals surface area contributed by atoms with E-state index in [1.54, 1.807) is 0 Å². The lowest BCUT2D eigenvalue weighted by Crippen LogP contribution is -2.30. The Labute approximate surface area is 95.5 Å². The van der Waals surface area contributed by atoms with Crippen LogP contribution < -0.4 is 4.90 Å². The van der Waals surface area contributed by atoms with Crippen molar-refractivity contribution in [2.75, 3.05) is 31.2 Å². The van der Waals surface area contributed by atoms with Gasteiger partial charge in [-0.3, -0.25) is 0 Å². The van der Waals surface area contributed by atoms with Gasteiger partial charge in [0.2, 0.25) is 0 Å². The standard InChI is InChI=1S/C9H12F3N3O2/c10-9(11,12)7-5-8(14-6-13-7)15(1-3-16)2-4-17/h5-6,16-17H,1-4H2. The summed E-state index contributed by atoms with van der Waals surface area (Å²) in [6.07, 6.45) is -3.73. The van der Waals surface area contributed by atoms with Gasteiger partial charge in [0.25, 0.3) is 0 Å². The van der Waals surface area contributed by atoms with Crippen molar-refractivity contribution in [3.05, 3.63) is 18.1 Å². The molecule has 0 aromatic carbocycles. The summed E-state index contributed by atoms with van der Waals surface area (Å²) >= 11 is 0. The summed E-state index contributed by atoms with van der Waals surface area (Å²) in [5.74, 6) is 0.0235. The van der Waals surface area contributed by atoms with Crippen molar-refractivity contribution in [3.63, 3.8) is 0 Å². The molecule has 1 aromatic rings. The summed E-state index contributed by atoms with van der Waals surface area (Å²) in [5, 5.41) is 17.5. The number of halogens is 3. The molecule has 0 aliphatic rings. The Bertz CT molecular complexity index is 354. The molecule has 17 heavy (non-hydrogen) atoms. The number of anilines is 1. The fourth-order valence-electron chi connectivity index (χ4n) is 1.26. The van der Waals surface area contributed by atoms with Crippen molar-refractivity contribution in [3.8, 4) is 0 Å². The van der Waals surface area contributed by atoms with E-state index in [9.17, 15) is 13.2 Å². The second-order valence-corrected chi connectivity index (χ2v) is 3.19. The molecule has 0 saturated carbocycles.